The Balaban J connectivity index is 2.52. The van der Waals surface area contributed by atoms with Crippen molar-refractivity contribution in [3.05, 3.63) is 0 Å². The fraction of sp³-hybridized carbons (Fsp3) is 0.909. The van der Waals surface area contributed by atoms with Gasteiger partial charge in [-0.2, -0.15) is 0 Å². The van der Waals surface area contributed by atoms with Crippen molar-refractivity contribution in [2.45, 2.75) is 63.8 Å². The zero-order valence-electron chi connectivity index (χ0n) is 9.01. The quantitative estimate of drug-likeness (QED) is 0.730. The Morgan fingerprint density at radius 2 is 2.00 bits per heavy atom. The number of amides is 1. The van der Waals surface area contributed by atoms with Crippen LogP contribution in [0.5, 0.6) is 0 Å². The highest BCUT2D eigenvalue weighted by Crippen LogP contribution is 2.32. The van der Waals surface area contributed by atoms with Gasteiger partial charge in [0.1, 0.15) is 0 Å². The maximum Gasteiger partial charge on any atom is 0.405 e. The zero-order valence-corrected chi connectivity index (χ0v) is 9.01. The number of rotatable bonds is 4. The van der Waals surface area contributed by atoms with Crippen molar-refractivity contribution in [3.8, 4) is 0 Å². The number of nitrogens with one attached hydrogen (secondary N) is 1. The standard InChI is InChI=1S/C11H21NO2/c1-2-3-7-11(12-10(13)14)8-5-4-6-9-11/h12H,2-9H2,1H3,(H,13,14). The molecule has 1 aliphatic carbocycles. The Morgan fingerprint density at radius 1 is 1.36 bits per heavy atom. The molecule has 0 spiro atoms. The van der Waals surface area contributed by atoms with Crippen molar-refractivity contribution in [1.29, 1.82) is 0 Å². The lowest BCUT2D eigenvalue weighted by atomic mass is 9.78. The third-order valence-electron chi connectivity index (χ3n) is 3.19. The molecular formula is C11H21NO2. The molecule has 82 valence electrons. The lowest BCUT2D eigenvalue weighted by Gasteiger charge is -2.37. The number of unbranched alkanes of at least 4 members (excludes halogenated alkanes) is 1. The van der Waals surface area contributed by atoms with E-state index in [9.17, 15) is 4.79 Å². The summed E-state index contributed by atoms with van der Waals surface area (Å²) in [5, 5.41) is 11.6. The summed E-state index contributed by atoms with van der Waals surface area (Å²) in [5.41, 5.74) is -0.0971. The third-order valence-corrected chi connectivity index (χ3v) is 3.19. The van der Waals surface area contributed by atoms with Gasteiger partial charge in [-0.1, -0.05) is 39.0 Å². The van der Waals surface area contributed by atoms with Gasteiger partial charge in [-0.05, 0) is 19.3 Å². The first-order valence-corrected chi connectivity index (χ1v) is 5.70. The van der Waals surface area contributed by atoms with E-state index >= 15 is 0 Å². The van der Waals surface area contributed by atoms with Gasteiger partial charge < -0.3 is 10.4 Å². The molecule has 3 heteroatoms. The van der Waals surface area contributed by atoms with E-state index in [1.807, 2.05) is 0 Å². The molecule has 1 fully saturated rings. The SMILES string of the molecule is CCCCC1(NC(=O)O)CCCCC1. The predicted octanol–water partition coefficient (Wildman–Crippen LogP) is 3.15. The van der Waals surface area contributed by atoms with Gasteiger partial charge >= 0.3 is 6.09 Å². The van der Waals surface area contributed by atoms with Crippen LogP contribution >= 0.6 is 0 Å². The minimum absolute atomic E-state index is 0.0971. The lowest BCUT2D eigenvalue weighted by molar-refractivity contribution is 0.156. The van der Waals surface area contributed by atoms with E-state index in [-0.39, 0.29) is 5.54 Å². The fourth-order valence-electron chi connectivity index (χ4n) is 2.41. The Kier molecular flexibility index (Phi) is 4.23. The van der Waals surface area contributed by atoms with E-state index in [1.165, 1.54) is 19.3 Å². The van der Waals surface area contributed by atoms with E-state index in [2.05, 4.69) is 12.2 Å². The Hall–Kier alpha value is -0.730. The molecule has 3 nitrogen and oxygen atoms in total. The normalized spacial score (nSPS) is 20.4. The van der Waals surface area contributed by atoms with E-state index in [0.29, 0.717) is 0 Å². The molecule has 0 radical (unpaired) electrons. The molecule has 1 amide bonds. The third kappa shape index (κ3) is 3.20. The van der Waals surface area contributed by atoms with Crippen molar-refractivity contribution in [2.75, 3.05) is 0 Å². The van der Waals surface area contributed by atoms with E-state index in [1.54, 1.807) is 0 Å². The minimum atomic E-state index is -0.858. The average molecular weight is 199 g/mol. The Morgan fingerprint density at radius 3 is 2.50 bits per heavy atom. The second-order valence-electron chi connectivity index (χ2n) is 4.37. The second kappa shape index (κ2) is 5.23. The monoisotopic (exact) mass is 199 g/mol. The predicted molar refractivity (Wildman–Crippen MR) is 56.5 cm³/mol. The zero-order chi connectivity index (χ0) is 10.4. The van der Waals surface area contributed by atoms with Gasteiger partial charge in [-0.25, -0.2) is 4.79 Å². The van der Waals surface area contributed by atoms with Crippen molar-refractivity contribution >= 4 is 6.09 Å². The van der Waals surface area contributed by atoms with Crippen molar-refractivity contribution < 1.29 is 9.90 Å². The number of carboxylic acid groups (broad SMARTS) is 1. The van der Waals surface area contributed by atoms with E-state index in [0.717, 1.165) is 32.1 Å². The Bertz CT molecular complexity index is 186. The van der Waals surface area contributed by atoms with Gasteiger partial charge in [0.05, 0.1) is 0 Å². The van der Waals surface area contributed by atoms with Crippen LogP contribution in [-0.2, 0) is 0 Å². The maximum absolute atomic E-state index is 10.7. The minimum Gasteiger partial charge on any atom is -0.465 e. The summed E-state index contributed by atoms with van der Waals surface area (Å²) in [7, 11) is 0. The second-order valence-corrected chi connectivity index (χ2v) is 4.37. The maximum atomic E-state index is 10.7. The van der Waals surface area contributed by atoms with Crippen molar-refractivity contribution in [2.24, 2.45) is 0 Å². The van der Waals surface area contributed by atoms with Gasteiger partial charge in [0, 0.05) is 5.54 Å². The van der Waals surface area contributed by atoms with Crippen LogP contribution < -0.4 is 5.32 Å². The molecule has 0 aromatic heterocycles. The average Bonchev–Trinajstić information content (AvgIpc) is 2.15. The summed E-state index contributed by atoms with van der Waals surface area (Å²) in [6.07, 6.45) is 8.07. The van der Waals surface area contributed by atoms with Crippen molar-refractivity contribution in [3.63, 3.8) is 0 Å². The fourth-order valence-corrected chi connectivity index (χ4v) is 2.41. The number of carbonyl (C=O) groups is 1. The molecule has 0 atom stereocenters. The van der Waals surface area contributed by atoms with Gasteiger partial charge in [0.25, 0.3) is 0 Å². The summed E-state index contributed by atoms with van der Waals surface area (Å²) in [5.74, 6) is 0. The van der Waals surface area contributed by atoms with Gasteiger partial charge in [-0.3, -0.25) is 0 Å². The molecule has 0 bridgehead atoms. The molecule has 0 aromatic rings. The van der Waals surface area contributed by atoms with Crippen LogP contribution in [0.3, 0.4) is 0 Å². The number of hydrogen-bond acceptors (Lipinski definition) is 1. The summed E-state index contributed by atoms with van der Waals surface area (Å²) >= 11 is 0. The largest absolute Gasteiger partial charge is 0.465 e. The van der Waals surface area contributed by atoms with Gasteiger partial charge in [0.2, 0.25) is 0 Å². The van der Waals surface area contributed by atoms with E-state index < -0.39 is 6.09 Å². The van der Waals surface area contributed by atoms with Crippen LogP contribution in [0.25, 0.3) is 0 Å². The molecule has 0 unspecified atom stereocenters. The molecule has 14 heavy (non-hydrogen) atoms. The molecule has 0 heterocycles. The first-order valence-electron chi connectivity index (χ1n) is 5.70. The number of hydrogen-bond donors (Lipinski definition) is 2. The molecule has 0 aliphatic heterocycles. The van der Waals surface area contributed by atoms with Gasteiger partial charge in [-0.15, -0.1) is 0 Å². The molecule has 0 saturated heterocycles. The first kappa shape index (κ1) is 11.3. The topological polar surface area (TPSA) is 49.3 Å². The summed E-state index contributed by atoms with van der Waals surface area (Å²) in [6, 6.07) is 0. The molecule has 0 aromatic carbocycles. The van der Waals surface area contributed by atoms with E-state index in [4.69, 9.17) is 5.11 Å². The smallest absolute Gasteiger partial charge is 0.405 e. The van der Waals surface area contributed by atoms with Crippen LogP contribution in [-0.4, -0.2) is 16.7 Å². The summed E-state index contributed by atoms with van der Waals surface area (Å²) in [6.45, 7) is 2.15. The molecule has 1 saturated carbocycles. The highest BCUT2D eigenvalue weighted by atomic mass is 16.4. The molecular weight excluding hydrogens is 178 g/mol. The van der Waals surface area contributed by atoms with Crippen LogP contribution in [0.15, 0.2) is 0 Å². The molecule has 2 N–H and O–H groups in total. The first-order chi connectivity index (χ1) is 6.68. The highest BCUT2D eigenvalue weighted by Gasteiger charge is 2.32. The highest BCUT2D eigenvalue weighted by molar-refractivity contribution is 5.65. The van der Waals surface area contributed by atoms with Crippen LogP contribution in [0.2, 0.25) is 0 Å². The summed E-state index contributed by atoms with van der Waals surface area (Å²) in [4.78, 5) is 10.7. The Labute approximate surface area is 85.9 Å². The molecule has 1 aliphatic rings. The van der Waals surface area contributed by atoms with Crippen LogP contribution in [0, 0.1) is 0 Å². The lowest BCUT2D eigenvalue weighted by Crippen LogP contribution is -2.49. The van der Waals surface area contributed by atoms with Gasteiger partial charge in [0.15, 0.2) is 0 Å². The molecule has 1 rings (SSSR count). The van der Waals surface area contributed by atoms with Crippen LogP contribution in [0.1, 0.15) is 58.3 Å². The van der Waals surface area contributed by atoms with Crippen molar-refractivity contribution in [1.82, 2.24) is 5.32 Å². The van der Waals surface area contributed by atoms with Crippen LogP contribution in [0.4, 0.5) is 4.79 Å². The summed E-state index contributed by atoms with van der Waals surface area (Å²) < 4.78 is 0.